The summed E-state index contributed by atoms with van der Waals surface area (Å²) in [6, 6.07) is 6.12. The van der Waals surface area contributed by atoms with Gasteiger partial charge in [0.1, 0.15) is 22.9 Å². The highest BCUT2D eigenvalue weighted by Crippen LogP contribution is 2.38. The van der Waals surface area contributed by atoms with Crippen LogP contribution in [0.25, 0.3) is 0 Å². The molecule has 0 saturated heterocycles. The molecule has 1 aromatic heterocycles. The number of fused-ring (bicyclic) bond motifs is 1. The van der Waals surface area contributed by atoms with Crippen molar-refractivity contribution >= 4 is 43.2 Å². The molecule has 23 heavy (non-hydrogen) atoms. The van der Waals surface area contributed by atoms with Gasteiger partial charge in [-0.2, -0.15) is 0 Å². The van der Waals surface area contributed by atoms with Crippen molar-refractivity contribution in [3.05, 3.63) is 40.0 Å². The number of hydrogen-bond donors (Lipinski definition) is 0. The van der Waals surface area contributed by atoms with E-state index in [2.05, 4.69) is 20.9 Å². The first-order valence-corrected chi connectivity index (χ1v) is 9.19. The zero-order chi connectivity index (χ0) is 16.6. The number of anilines is 1. The molecule has 9 heteroatoms. The summed E-state index contributed by atoms with van der Waals surface area (Å²) in [7, 11) is -2.46. The summed E-state index contributed by atoms with van der Waals surface area (Å²) in [5, 5.41) is 0.310. The largest absolute Gasteiger partial charge is 0.495 e. The van der Waals surface area contributed by atoms with Crippen LogP contribution >= 0.6 is 27.5 Å². The predicted molar refractivity (Wildman–Crippen MR) is 90.0 cm³/mol. The van der Waals surface area contributed by atoms with E-state index in [1.165, 1.54) is 23.5 Å². The fourth-order valence-electron chi connectivity index (χ4n) is 2.27. The Balaban J connectivity index is 2.16. The maximum atomic E-state index is 13.1. The fourth-order valence-corrected chi connectivity index (χ4v) is 4.45. The quantitative estimate of drug-likeness (QED) is 0.765. The SMILES string of the molecule is COc1ccc(Cl)cc1S(=O)(=O)N1CCOc2ncc(Br)cc21. The second-order valence-corrected chi connectivity index (χ2v) is 7.88. The van der Waals surface area contributed by atoms with Crippen LogP contribution in [0.3, 0.4) is 0 Å². The van der Waals surface area contributed by atoms with Gasteiger partial charge in [-0.05, 0) is 40.2 Å². The zero-order valence-electron chi connectivity index (χ0n) is 12.0. The van der Waals surface area contributed by atoms with Gasteiger partial charge in [0.2, 0.25) is 5.88 Å². The lowest BCUT2D eigenvalue weighted by molar-refractivity contribution is 0.303. The highest BCUT2D eigenvalue weighted by atomic mass is 79.9. The third-order valence-electron chi connectivity index (χ3n) is 3.29. The van der Waals surface area contributed by atoms with Crippen LogP contribution < -0.4 is 13.8 Å². The highest BCUT2D eigenvalue weighted by molar-refractivity contribution is 9.10. The van der Waals surface area contributed by atoms with E-state index in [1.807, 2.05) is 0 Å². The van der Waals surface area contributed by atoms with Gasteiger partial charge in [-0.25, -0.2) is 13.4 Å². The molecule has 0 atom stereocenters. The number of sulfonamides is 1. The number of nitrogens with zero attached hydrogens (tertiary/aromatic N) is 2. The monoisotopic (exact) mass is 418 g/mol. The number of halogens is 2. The molecule has 2 heterocycles. The Morgan fingerprint density at radius 1 is 1.39 bits per heavy atom. The van der Waals surface area contributed by atoms with Gasteiger partial charge in [-0.3, -0.25) is 4.31 Å². The molecule has 0 spiro atoms. The molecular formula is C14H12BrClN2O4S. The van der Waals surface area contributed by atoms with Crippen molar-refractivity contribution in [3.8, 4) is 11.6 Å². The second kappa shape index (κ2) is 6.18. The molecule has 0 bridgehead atoms. The van der Waals surface area contributed by atoms with Crippen molar-refractivity contribution in [1.82, 2.24) is 4.98 Å². The Bertz CT molecular complexity index is 860. The van der Waals surface area contributed by atoms with E-state index >= 15 is 0 Å². The molecule has 0 fully saturated rings. The smallest absolute Gasteiger partial charge is 0.268 e. The summed E-state index contributed by atoms with van der Waals surface area (Å²) in [6.07, 6.45) is 1.55. The van der Waals surface area contributed by atoms with Gasteiger partial charge in [0, 0.05) is 15.7 Å². The van der Waals surface area contributed by atoms with Gasteiger partial charge in [-0.15, -0.1) is 0 Å². The van der Waals surface area contributed by atoms with E-state index in [4.69, 9.17) is 21.1 Å². The first-order valence-electron chi connectivity index (χ1n) is 6.58. The minimum Gasteiger partial charge on any atom is -0.495 e. The Morgan fingerprint density at radius 3 is 2.91 bits per heavy atom. The number of pyridine rings is 1. The third-order valence-corrected chi connectivity index (χ3v) is 5.80. The maximum Gasteiger partial charge on any atom is 0.268 e. The first kappa shape index (κ1) is 16.4. The van der Waals surface area contributed by atoms with Crippen LogP contribution in [-0.4, -0.2) is 33.7 Å². The van der Waals surface area contributed by atoms with E-state index in [0.717, 1.165) is 0 Å². The van der Waals surface area contributed by atoms with Crippen molar-refractivity contribution in [2.45, 2.75) is 4.90 Å². The standard InChI is InChI=1S/C14H12BrClN2O4S/c1-21-12-3-2-10(16)7-13(12)23(19,20)18-4-5-22-14-11(18)6-9(15)8-17-14/h2-3,6-8H,4-5H2,1H3. The van der Waals surface area contributed by atoms with Crippen LogP contribution in [-0.2, 0) is 10.0 Å². The van der Waals surface area contributed by atoms with Crippen molar-refractivity contribution < 1.29 is 17.9 Å². The number of rotatable bonds is 3. The molecule has 122 valence electrons. The minimum absolute atomic E-state index is 0.000301. The average molecular weight is 420 g/mol. The lowest BCUT2D eigenvalue weighted by Crippen LogP contribution is -2.38. The number of hydrogen-bond acceptors (Lipinski definition) is 5. The van der Waals surface area contributed by atoms with Gasteiger partial charge in [0.05, 0.1) is 13.7 Å². The Kier molecular flexibility index (Phi) is 4.39. The first-order chi connectivity index (χ1) is 10.9. The number of benzene rings is 1. The molecule has 0 amide bonds. The Labute approximate surface area is 147 Å². The van der Waals surface area contributed by atoms with Crippen molar-refractivity contribution in [2.24, 2.45) is 0 Å². The maximum absolute atomic E-state index is 13.1. The molecule has 0 saturated carbocycles. The van der Waals surface area contributed by atoms with Crippen LogP contribution in [0.4, 0.5) is 5.69 Å². The fraction of sp³-hybridized carbons (Fsp3) is 0.214. The molecule has 0 unspecified atom stereocenters. The topological polar surface area (TPSA) is 68.7 Å². The molecule has 0 aliphatic carbocycles. The Hall–Kier alpha value is -1.51. The minimum atomic E-state index is -3.87. The van der Waals surface area contributed by atoms with Gasteiger partial charge >= 0.3 is 0 Å². The number of aromatic nitrogens is 1. The van der Waals surface area contributed by atoms with Crippen molar-refractivity contribution in [2.75, 3.05) is 24.6 Å². The van der Waals surface area contributed by atoms with Gasteiger partial charge in [-0.1, -0.05) is 11.6 Å². The summed E-state index contributed by atoms with van der Waals surface area (Å²) in [4.78, 5) is 4.10. The second-order valence-electron chi connectivity index (χ2n) is 4.70. The zero-order valence-corrected chi connectivity index (χ0v) is 15.2. The summed E-state index contributed by atoms with van der Waals surface area (Å²) in [5.41, 5.74) is 0.368. The van der Waals surface area contributed by atoms with Gasteiger partial charge in [0.25, 0.3) is 10.0 Å². The van der Waals surface area contributed by atoms with E-state index in [-0.39, 0.29) is 29.7 Å². The van der Waals surface area contributed by atoms with Gasteiger partial charge in [0.15, 0.2) is 0 Å². The van der Waals surface area contributed by atoms with Crippen LogP contribution in [0.15, 0.2) is 39.8 Å². The van der Waals surface area contributed by atoms with Crippen molar-refractivity contribution in [1.29, 1.82) is 0 Å². The average Bonchev–Trinajstić information content (AvgIpc) is 2.54. The van der Waals surface area contributed by atoms with E-state index < -0.39 is 10.0 Å². The molecule has 1 aliphatic rings. The van der Waals surface area contributed by atoms with Crippen LogP contribution in [0.2, 0.25) is 5.02 Å². The molecule has 3 rings (SSSR count). The molecule has 6 nitrogen and oxygen atoms in total. The molecule has 1 aromatic carbocycles. The van der Waals surface area contributed by atoms with E-state index in [0.29, 0.717) is 15.2 Å². The van der Waals surface area contributed by atoms with Crippen LogP contribution in [0, 0.1) is 0 Å². The van der Waals surface area contributed by atoms with E-state index in [1.54, 1.807) is 18.3 Å². The van der Waals surface area contributed by atoms with Crippen molar-refractivity contribution in [3.63, 3.8) is 0 Å². The third kappa shape index (κ3) is 2.98. The summed E-state index contributed by atoms with van der Waals surface area (Å²) < 4.78 is 38.7. The molecule has 0 N–H and O–H groups in total. The number of ether oxygens (including phenoxy) is 2. The van der Waals surface area contributed by atoms with Crippen LogP contribution in [0.5, 0.6) is 11.6 Å². The predicted octanol–water partition coefficient (Wildman–Crippen LogP) is 3.09. The molecule has 1 aliphatic heterocycles. The summed E-state index contributed by atoms with van der Waals surface area (Å²) in [5.74, 6) is 0.495. The summed E-state index contributed by atoms with van der Waals surface area (Å²) >= 11 is 9.26. The lowest BCUT2D eigenvalue weighted by Gasteiger charge is -2.30. The van der Waals surface area contributed by atoms with Gasteiger partial charge < -0.3 is 9.47 Å². The highest BCUT2D eigenvalue weighted by Gasteiger charge is 2.33. The lowest BCUT2D eigenvalue weighted by atomic mass is 10.3. The number of methoxy groups -OCH3 is 1. The van der Waals surface area contributed by atoms with Crippen LogP contribution in [0.1, 0.15) is 0 Å². The molecule has 2 aromatic rings. The molecular weight excluding hydrogens is 408 g/mol. The molecule has 0 radical (unpaired) electrons. The normalized spacial score (nSPS) is 14.1. The summed E-state index contributed by atoms with van der Waals surface area (Å²) in [6.45, 7) is 0.382. The van der Waals surface area contributed by atoms with E-state index in [9.17, 15) is 8.42 Å². The Morgan fingerprint density at radius 2 is 2.17 bits per heavy atom.